The van der Waals surface area contributed by atoms with Gasteiger partial charge in [0.05, 0.1) is 56.4 Å². The molecule has 0 spiro atoms. The smallest absolute Gasteiger partial charge is 0.494 e. The average Bonchev–Trinajstić information content (AvgIpc) is 3.59. The number of benzene rings is 4. The second-order valence-electron chi connectivity index (χ2n) is 16.0. The minimum Gasteiger partial charge on any atom is -0.496 e. The lowest BCUT2D eigenvalue weighted by Crippen LogP contribution is -2.41. The van der Waals surface area contributed by atoms with Gasteiger partial charge in [-0.15, -0.1) is 0 Å². The van der Waals surface area contributed by atoms with Gasteiger partial charge in [-0.1, -0.05) is 24.3 Å². The molecule has 15 nitrogen and oxygen atoms in total. The predicted octanol–water partition coefficient (Wildman–Crippen LogP) is 5.78. The van der Waals surface area contributed by atoms with E-state index in [2.05, 4.69) is 10.1 Å². The van der Waals surface area contributed by atoms with Crippen LogP contribution in [0.3, 0.4) is 0 Å². The van der Waals surface area contributed by atoms with E-state index in [9.17, 15) is 19.2 Å². The Hall–Kier alpha value is -5.87. The predicted molar refractivity (Wildman–Crippen MR) is 232 cm³/mol. The first-order chi connectivity index (χ1) is 28.5. The number of carbonyl (C=O) groups excluding carboxylic acids is 3. The van der Waals surface area contributed by atoms with Crippen LogP contribution >= 0.6 is 0 Å². The molecule has 1 amide bonds. The van der Waals surface area contributed by atoms with Gasteiger partial charge in [0.15, 0.2) is 0 Å². The molecule has 17 heteroatoms. The maximum absolute atomic E-state index is 12.8. The molecule has 324 valence electrons. The third-order valence-corrected chi connectivity index (χ3v) is 10.8. The zero-order valence-corrected chi connectivity index (χ0v) is 36.7. The van der Waals surface area contributed by atoms with Crippen LogP contribution in [-0.4, -0.2) is 94.0 Å². The van der Waals surface area contributed by atoms with Gasteiger partial charge in [-0.25, -0.2) is 14.4 Å². The van der Waals surface area contributed by atoms with Crippen molar-refractivity contribution < 1.29 is 61.8 Å². The fourth-order valence-electron chi connectivity index (χ4n) is 5.84. The molecule has 4 N–H and O–H groups in total. The first-order valence-corrected chi connectivity index (χ1v) is 19.2. The minimum absolute atomic E-state index is 0.238. The van der Waals surface area contributed by atoms with Gasteiger partial charge >= 0.3 is 32.1 Å². The summed E-state index contributed by atoms with van der Waals surface area (Å²) in [6.45, 7) is 15.8. The van der Waals surface area contributed by atoms with Gasteiger partial charge in [-0.05, 0) is 115 Å². The Bertz CT molecular complexity index is 2210. The van der Waals surface area contributed by atoms with Gasteiger partial charge in [-0.3, -0.25) is 4.79 Å². The van der Waals surface area contributed by atoms with E-state index in [0.717, 1.165) is 10.9 Å². The molecule has 6 rings (SSSR count). The molecule has 2 saturated heterocycles. The Labute approximate surface area is 357 Å². The third-order valence-electron chi connectivity index (χ3n) is 10.8. The van der Waals surface area contributed by atoms with E-state index in [1.165, 1.54) is 28.4 Å². The van der Waals surface area contributed by atoms with Crippen LogP contribution in [0.25, 0.3) is 0 Å². The molecule has 0 unspecified atom stereocenters. The monoisotopic (exact) mass is 840 g/mol. The van der Waals surface area contributed by atoms with Crippen molar-refractivity contribution >= 4 is 60.4 Å². The number of carbonyl (C=O) groups is 4. The Kier molecular flexibility index (Phi) is 15.1. The summed E-state index contributed by atoms with van der Waals surface area (Å²) in [7, 11) is 4.46. The van der Waals surface area contributed by atoms with Crippen LogP contribution < -0.4 is 31.4 Å². The lowest BCUT2D eigenvalue weighted by atomic mass is 9.78. The number of amides is 1. The van der Waals surface area contributed by atoms with Gasteiger partial charge in [0, 0.05) is 29.1 Å². The van der Waals surface area contributed by atoms with Crippen molar-refractivity contribution in [1.29, 1.82) is 0 Å². The van der Waals surface area contributed by atoms with Crippen LogP contribution in [0.15, 0.2) is 84.9 Å². The van der Waals surface area contributed by atoms with Gasteiger partial charge < -0.3 is 53.7 Å². The molecular weight excluding hydrogens is 786 g/mol. The molecule has 61 heavy (non-hydrogen) atoms. The summed E-state index contributed by atoms with van der Waals surface area (Å²) in [5.74, 6) is -1.47. The zero-order valence-electron chi connectivity index (χ0n) is 36.7. The average molecular weight is 841 g/mol. The van der Waals surface area contributed by atoms with Gasteiger partial charge in [0.25, 0.3) is 5.91 Å². The lowest BCUT2D eigenvalue weighted by Gasteiger charge is -2.32. The number of carboxylic acids is 1. The van der Waals surface area contributed by atoms with Crippen molar-refractivity contribution in [2.24, 2.45) is 0 Å². The summed E-state index contributed by atoms with van der Waals surface area (Å²) in [5.41, 5.74) is 7.62. The number of aromatic carboxylic acids is 1. The molecular formula is C44H54B2N2O13. The molecule has 4 aromatic carbocycles. The highest BCUT2D eigenvalue weighted by molar-refractivity contribution is 6.62. The van der Waals surface area contributed by atoms with Crippen molar-refractivity contribution in [3.05, 3.63) is 107 Å². The van der Waals surface area contributed by atoms with Crippen LogP contribution in [0.1, 0.15) is 96.8 Å². The normalized spacial score (nSPS) is 16.5. The number of hydrogen-bond donors (Lipinski definition) is 3. The minimum atomic E-state index is -0.951. The van der Waals surface area contributed by atoms with Gasteiger partial charge in [-0.2, -0.15) is 0 Å². The number of nitrogens with two attached hydrogens (primary N) is 1. The number of nitrogens with one attached hydrogen (secondary N) is 1. The summed E-state index contributed by atoms with van der Waals surface area (Å²) in [6.07, 6.45) is 0. The second-order valence-corrected chi connectivity index (χ2v) is 16.0. The van der Waals surface area contributed by atoms with E-state index in [1.54, 1.807) is 72.8 Å². The first kappa shape index (κ1) is 47.8. The molecule has 0 radical (unpaired) electrons. The van der Waals surface area contributed by atoms with Crippen molar-refractivity contribution in [3.63, 3.8) is 0 Å². The summed E-state index contributed by atoms with van der Waals surface area (Å²) >= 11 is 0. The number of ether oxygens (including phenoxy) is 4. The Morgan fingerprint density at radius 3 is 1.41 bits per heavy atom. The molecule has 0 aromatic heterocycles. The molecule has 0 bridgehead atoms. The van der Waals surface area contributed by atoms with E-state index < -0.39 is 54.5 Å². The summed E-state index contributed by atoms with van der Waals surface area (Å²) < 4.78 is 43.4. The maximum Gasteiger partial charge on any atom is 0.494 e. The van der Waals surface area contributed by atoms with Gasteiger partial charge in [0.1, 0.15) is 22.6 Å². The number of anilines is 2. The molecule has 2 fully saturated rings. The van der Waals surface area contributed by atoms with E-state index in [-0.39, 0.29) is 17.0 Å². The van der Waals surface area contributed by atoms with Crippen LogP contribution in [0, 0.1) is 0 Å². The van der Waals surface area contributed by atoms with Crippen LogP contribution in [-0.2, 0) is 28.1 Å². The Balaban J connectivity index is 0.000000223. The number of rotatable bonds is 9. The molecule has 2 aliphatic heterocycles. The number of hydrogen-bond acceptors (Lipinski definition) is 13. The standard InChI is InChI=1S/C22H26BNO6.C13H17BO4.C9H11NO3/c1-21(2)22(3,4)30-23(29-21)15-9-7-8-14(12-15)19(25)24-16-10-11-17(20(26)28-6)18(13-16)27-5;1-12(2)13(3,4)18-14(17-12)10-7-5-6-9(8-10)11(15)16;1-12-8-5-6(10)3-4-7(8)9(11)13-2/h7-13H,1-6H3,(H,24,25);5-8H,1-4H3,(H,15,16);3-5H,10H2,1-2H3. The Morgan fingerprint density at radius 1 is 0.574 bits per heavy atom. The summed E-state index contributed by atoms with van der Waals surface area (Å²) in [5, 5.41) is 11.8. The van der Waals surface area contributed by atoms with Crippen LogP contribution in [0.4, 0.5) is 11.4 Å². The first-order valence-electron chi connectivity index (χ1n) is 19.2. The number of nitrogen functional groups attached to an aromatic ring is 1. The second kappa shape index (κ2) is 19.2. The maximum atomic E-state index is 12.8. The zero-order chi connectivity index (χ0) is 45.5. The molecule has 2 aliphatic rings. The lowest BCUT2D eigenvalue weighted by molar-refractivity contribution is 0.00578. The van der Waals surface area contributed by atoms with E-state index in [1.807, 2.05) is 67.5 Å². The van der Waals surface area contributed by atoms with Crippen molar-refractivity contribution in [1.82, 2.24) is 0 Å². The quantitative estimate of drug-likeness (QED) is 0.104. The fourth-order valence-corrected chi connectivity index (χ4v) is 5.84. The largest absolute Gasteiger partial charge is 0.496 e. The number of carboxylic acid groups (broad SMARTS) is 1. The van der Waals surface area contributed by atoms with E-state index >= 15 is 0 Å². The topological polar surface area (TPSA) is 200 Å². The van der Waals surface area contributed by atoms with Crippen LogP contribution in [0.2, 0.25) is 0 Å². The summed E-state index contributed by atoms with van der Waals surface area (Å²) in [4.78, 5) is 46.7. The summed E-state index contributed by atoms with van der Waals surface area (Å²) in [6, 6.07) is 23.3. The van der Waals surface area contributed by atoms with Crippen LogP contribution in [0.5, 0.6) is 11.5 Å². The van der Waals surface area contributed by atoms with Crippen molar-refractivity contribution in [2.75, 3.05) is 39.5 Å². The highest BCUT2D eigenvalue weighted by Gasteiger charge is 2.52. The highest BCUT2D eigenvalue weighted by Crippen LogP contribution is 2.37. The molecule has 4 aromatic rings. The van der Waals surface area contributed by atoms with Crippen molar-refractivity contribution in [2.45, 2.75) is 77.8 Å². The molecule has 0 aliphatic carbocycles. The third kappa shape index (κ3) is 11.3. The Morgan fingerprint density at radius 2 is 0.984 bits per heavy atom. The SMILES string of the molecule is CC1(C)OB(c2cccc(C(=O)O)c2)OC1(C)C.COC(=O)c1ccc(N)cc1OC.COC(=O)c1ccc(NC(=O)c2cccc(B3OC(C)(C)C(C)(C)O3)c2)cc1OC. The highest BCUT2D eigenvalue weighted by atomic mass is 16.7. The van der Waals surface area contributed by atoms with Gasteiger partial charge in [0.2, 0.25) is 0 Å². The van der Waals surface area contributed by atoms with E-state index in [4.69, 9.17) is 43.7 Å². The molecule has 2 heterocycles. The fraction of sp³-hybridized carbons (Fsp3) is 0.364. The van der Waals surface area contributed by atoms with E-state index in [0.29, 0.717) is 34.0 Å². The number of esters is 2. The van der Waals surface area contributed by atoms with Crippen molar-refractivity contribution in [3.8, 4) is 11.5 Å². The molecule has 0 atom stereocenters. The molecule has 0 saturated carbocycles. The number of methoxy groups -OCH3 is 4.